The molecule has 0 amide bonds. The van der Waals surface area contributed by atoms with Gasteiger partial charge in [-0.3, -0.25) is 0 Å². The Morgan fingerprint density at radius 1 is 1.25 bits per heavy atom. The Morgan fingerprint density at radius 3 is 2.60 bits per heavy atom. The maximum absolute atomic E-state index is 8.90. The van der Waals surface area contributed by atoms with Gasteiger partial charge in [-0.15, -0.1) is 0 Å². The van der Waals surface area contributed by atoms with E-state index in [4.69, 9.17) is 10.9 Å². The molecule has 0 atom stereocenters. The summed E-state index contributed by atoms with van der Waals surface area (Å²) in [4.78, 5) is 2.06. The second kappa shape index (κ2) is 6.43. The zero-order valence-corrected chi connectivity index (χ0v) is 12.7. The van der Waals surface area contributed by atoms with Crippen LogP contribution in [0.4, 0.5) is 5.69 Å². The molecule has 0 radical (unpaired) electrons. The summed E-state index contributed by atoms with van der Waals surface area (Å²) in [7, 11) is 1.98. The van der Waals surface area contributed by atoms with Crippen LogP contribution in [-0.2, 0) is 6.54 Å². The number of nitrogens with two attached hydrogens (primary N) is 1. The highest BCUT2D eigenvalue weighted by atomic mass is 79.9. The van der Waals surface area contributed by atoms with E-state index >= 15 is 0 Å². The van der Waals surface area contributed by atoms with Crippen LogP contribution >= 0.6 is 15.9 Å². The van der Waals surface area contributed by atoms with Gasteiger partial charge in [-0.25, -0.2) is 0 Å². The number of halogens is 1. The van der Waals surface area contributed by atoms with Crippen molar-refractivity contribution in [3.8, 4) is 0 Å². The number of nitrogens with zero attached hydrogens (tertiary/aromatic N) is 2. The molecular weight excluding hydrogens is 318 g/mol. The van der Waals surface area contributed by atoms with Crippen LogP contribution in [0.15, 0.2) is 58.2 Å². The molecule has 4 nitrogen and oxygen atoms in total. The van der Waals surface area contributed by atoms with Crippen LogP contribution in [0.3, 0.4) is 0 Å². The number of hydrogen-bond donors (Lipinski definition) is 2. The van der Waals surface area contributed by atoms with Crippen LogP contribution in [-0.4, -0.2) is 18.1 Å². The largest absolute Gasteiger partial charge is 0.409 e. The fourth-order valence-corrected chi connectivity index (χ4v) is 2.40. The first-order valence-electron chi connectivity index (χ1n) is 6.14. The van der Waals surface area contributed by atoms with E-state index in [0.29, 0.717) is 5.56 Å². The van der Waals surface area contributed by atoms with Gasteiger partial charge in [-0.1, -0.05) is 51.4 Å². The maximum atomic E-state index is 8.90. The molecule has 20 heavy (non-hydrogen) atoms. The summed E-state index contributed by atoms with van der Waals surface area (Å²) in [5, 5.41) is 12.0. The molecule has 2 aromatic rings. The minimum Gasteiger partial charge on any atom is -0.409 e. The average molecular weight is 334 g/mol. The van der Waals surface area contributed by atoms with E-state index in [9.17, 15) is 0 Å². The van der Waals surface area contributed by atoms with Gasteiger partial charge >= 0.3 is 0 Å². The molecule has 0 fully saturated rings. The van der Waals surface area contributed by atoms with E-state index in [0.717, 1.165) is 16.7 Å². The van der Waals surface area contributed by atoms with Crippen LogP contribution in [0.25, 0.3) is 0 Å². The number of benzene rings is 2. The van der Waals surface area contributed by atoms with Gasteiger partial charge in [-0.05, 0) is 23.8 Å². The average Bonchev–Trinajstić information content (AvgIpc) is 2.47. The third-order valence-electron chi connectivity index (χ3n) is 3.02. The van der Waals surface area contributed by atoms with E-state index in [1.807, 2.05) is 43.4 Å². The smallest absolute Gasteiger partial charge is 0.172 e. The molecule has 0 aliphatic heterocycles. The molecule has 2 rings (SSSR count). The Bertz CT molecular complexity index is 614. The Labute approximate surface area is 126 Å². The molecule has 0 spiro atoms. The highest BCUT2D eigenvalue weighted by Gasteiger charge is 2.12. The minimum absolute atomic E-state index is 0.0983. The summed E-state index contributed by atoms with van der Waals surface area (Å²) in [6.45, 7) is 0.744. The first kappa shape index (κ1) is 14.4. The number of hydrogen-bond acceptors (Lipinski definition) is 3. The van der Waals surface area contributed by atoms with E-state index in [1.165, 1.54) is 5.56 Å². The second-order valence-electron chi connectivity index (χ2n) is 4.49. The predicted octanol–water partition coefficient (Wildman–Crippen LogP) is 3.18. The minimum atomic E-state index is 0.0983. The molecule has 104 valence electrons. The number of oxime groups is 1. The van der Waals surface area contributed by atoms with Crippen molar-refractivity contribution in [3.63, 3.8) is 0 Å². The molecule has 0 saturated heterocycles. The van der Waals surface area contributed by atoms with Gasteiger partial charge in [0, 0.05) is 29.3 Å². The summed E-state index contributed by atoms with van der Waals surface area (Å²) in [5.41, 5.74) is 8.55. The molecule has 0 aliphatic carbocycles. The Morgan fingerprint density at radius 2 is 1.95 bits per heavy atom. The molecule has 0 saturated carbocycles. The molecule has 5 heteroatoms. The van der Waals surface area contributed by atoms with Crippen molar-refractivity contribution in [2.75, 3.05) is 11.9 Å². The molecule has 0 unspecified atom stereocenters. The van der Waals surface area contributed by atoms with Crippen molar-refractivity contribution < 1.29 is 5.21 Å². The van der Waals surface area contributed by atoms with Gasteiger partial charge in [0.15, 0.2) is 5.84 Å². The summed E-state index contributed by atoms with van der Waals surface area (Å²) >= 11 is 3.40. The van der Waals surface area contributed by atoms with E-state index in [1.54, 1.807) is 0 Å². The summed E-state index contributed by atoms with van der Waals surface area (Å²) in [6, 6.07) is 15.9. The van der Waals surface area contributed by atoms with Crippen LogP contribution in [0.5, 0.6) is 0 Å². The molecular formula is C15H16BrN3O. The van der Waals surface area contributed by atoms with Crippen molar-refractivity contribution in [1.82, 2.24) is 0 Å². The van der Waals surface area contributed by atoms with Crippen molar-refractivity contribution in [2.45, 2.75) is 6.54 Å². The number of rotatable bonds is 4. The number of anilines is 1. The van der Waals surface area contributed by atoms with E-state index in [2.05, 4.69) is 38.1 Å². The van der Waals surface area contributed by atoms with Crippen molar-refractivity contribution in [1.29, 1.82) is 0 Å². The Kier molecular flexibility index (Phi) is 4.63. The topological polar surface area (TPSA) is 61.8 Å². The van der Waals surface area contributed by atoms with Gasteiger partial charge in [-0.2, -0.15) is 0 Å². The van der Waals surface area contributed by atoms with Crippen molar-refractivity contribution in [2.24, 2.45) is 10.9 Å². The molecule has 0 aromatic heterocycles. The van der Waals surface area contributed by atoms with Crippen LogP contribution in [0.1, 0.15) is 11.1 Å². The standard InChI is InChI=1S/C15H16BrN3O/c1-19(10-11-5-3-2-4-6-11)14-8-7-12(16)9-13(14)15(17)18-20/h2-9,20H,10H2,1H3,(H2,17,18). The molecule has 3 N–H and O–H groups in total. The monoisotopic (exact) mass is 333 g/mol. The quantitative estimate of drug-likeness (QED) is 0.391. The van der Waals surface area contributed by atoms with E-state index < -0.39 is 0 Å². The summed E-state index contributed by atoms with van der Waals surface area (Å²) < 4.78 is 0.885. The highest BCUT2D eigenvalue weighted by Crippen LogP contribution is 2.25. The Hall–Kier alpha value is -2.01. The third-order valence-corrected chi connectivity index (χ3v) is 3.51. The zero-order chi connectivity index (χ0) is 14.5. The van der Waals surface area contributed by atoms with Crippen LogP contribution in [0.2, 0.25) is 0 Å². The van der Waals surface area contributed by atoms with Crippen LogP contribution < -0.4 is 10.6 Å². The molecule has 2 aromatic carbocycles. The van der Waals surface area contributed by atoms with Crippen molar-refractivity contribution in [3.05, 3.63) is 64.1 Å². The number of amidine groups is 1. The fraction of sp³-hybridized carbons (Fsp3) is 0.133. The van der Waals surface area contributed by atoms with Gasteiger partial charge in [0.05, 0.1) is 0 Å². The summed E-state index contributed by atoms with van der Waals surface area (Å²) in [5.74, 6) is 0.0983. The highest BCUT2D eigenvalue weighted by molar-refractivity contribution is 9.10. The first-order valence-corrected chi connectivity index (χ1v) is 6.93. The normalized spacial score (nSPS) is 11.4. The maximum Gasteiger partial charge on any atom is 0.172 e. The lowest BCUT2D eigenvalue weighted by atomic mass is 10.1. The third kappa shape index (κ3) is 3.30. The summed E-state index contributed by atoms with van der Waals surface area (Å²) in [6.07, 6.45) is 0. The molecule has 0 heterocycles. The van der Waals surface area contributed by atoms with E-state index in [-0.39, 0.29) is 5.84 Å². The zero-order valence-electron chi connectivity index (χ0n) is 11.1. The van der Waals surface area contributed by atoms with Crippen LogP contribution in [0, 0.1) is 0 Å². The van der Waals surface area contributed by atoms with Gasteiger partial charge in [0.1, 0.15) is 0 Å². The molecule has 0 bridgehead atoms. The second-order valence-corrected chi connectivity index (χ2v) is 5.40. The van der Waals surface area contributed by atoms with Gasteiger partial charge < -0.3 is 15.8 Å². The molecule has 0 aliphatic rings. The lowest BCUT2D eigenvalue weighted by Gasteiger charge is -2.22. The fourth-order valence-electron chi connectivity index (χ4n) is 2.04. The van der Waals surface area contributed by atoms with Gasteiger partial charge in [0.25, 0.3) is 0 Å². The SMILES string of the molecule is CN(Cc1ccccc1)c1ccc(Br)cc1/C(N)=N/O. The predicted molar refractivity (Wildman–Crippen MR) is 85.2 cm³/mol. The van der Waals surface area contributed by atoms with Gasteiger partial charge in [0.2, 0.25) is 0 Å². The Balaban J connectivity index is 2.32. The lowest BCUT2D eigenvalue weighted by molar-refractivity contribution is 0.318. The van der Waals surface area contributed by atoms with Crippen molar-refractivity contribution >= 4 is 27.5 Å². The first-order chi connectivity index (χ1) is 9.61. The lowest BCUT2D eigenvalue weighted by Crippen LogP contribution is -2.22.